The molecule has 1 aromatic carbocycles. The molecular formula is C15H13ClF3N3O2. The van der Waals surface area contributed by atoms with Gasteiger partial charge in [0.2, 0.25) is 5.95 Å². The Morgan fingerprint density at radius 3 is 2.67 bits per heavy atom. The highest BCUT2D eigenvalue weighted by Gasteiger charge is 2.38. The van der Waals surface area contributed by atoms with Crippen LogP contribution in [0.25, 0.3) is 0 Å². The normalized spacial score (nSPS) is 11.2. The summed E-state index contributed by atoms with van der Waals surface area (Å²) in [7, 11) is 0. The van der Waals surface area contributed by atoms with Gasteiger partial charge in [-0.3, -0.25) is 0 Å². The van der Waals surface area contributed by atoms with Crippen LogP contribution in [-0.4, -0.2) is 22.5 Å². The molecule has 0 fully saturated rings. The van der Waals surface area contributed by atoms with E-state index in [0.717, 1.165) is 11.8 Å². The van der Waals surface area contributed by atoms with Crippen molar-refractivity contribution in [3.05, 3.63) is 46.2 Å². The summed E-state index contributed by atoms with van der Waals surface area (Å²) in [6.45, 7) is 3.22. The van der Waals surface area contributed by atoms with Gasteiger partial charge < -0.3 is 10.1 Å². The number of benzene rings is 1. The Bertz CT molecular complexity index is 766. The van der Waals surface area contributed by atoms with Gasteiger partial charge in [-0.05, 0) is 31.5 Å². The third-order valence-corrected chi connectivity index (χ3v) is 3.39. The van der Waals surface area contributed by atoms with E-state index in [1.807, 2.05) is 0 Å². The van der Waals surface area contributed by atoms with Crippen LogP contribution in [-0.2, 0) is 10.9 Å². The molecule has 9 heteroatoms. The van der Waals surface area contributed by atoms with Gasteiger partial charge in [-0.25, -0.2) is 14.8 Å². The Labute approximate surface area is 140 Å². The number of esters is 1. The van der Waals surface area contributed by atoms with Crippen LogP contribution >= 0.6 is 11.6 Å². The molecule has 0 saturated carbocycles. The zero-order chi connectivity index (χ0) is 17.9. The number of aryl methyl sites for hydroxylation is 1. The summed E-state index contributed by atoms with van der Waals surface area (Å²) in [6, 6.07) is 4.85. The minimum Gasteiger partial charge on any atom is -0.462 e. The molecule has 1 aromatic heterocycles. The van der Waals surface area contributed by atoms with Crippen molar-refractivity contribution >= 4 is 29.2 Å². The van der Waals surface area contributed by atoms with Crippen molar-refractivity contribution in [1.82, 2.24) is 9.97 Å². The maximum absolute atomic E-state index is 13.1. The Kier molecular flexibility index (Phi) is 5.28. The molecule has 1 heterocycles. The Hall–Kier alpha value is -2.35. The second-order valence-corrected chi connectivity index (χ2v) is 5.17. The number of anilines is 2. The molecule has 24 heavy (non-hydrogen) atoms. The predicted molar refractivity (Wildman–Crippen MR) is 82.5 cm³/mol. The SMILES string of the molecule is CCOC(=O)c1cnc(Nc2ccc(C)c(Cl)c2)nc1C(F)(F)F. The van der Waals surface area contributed by atoms with Crippen LogP contribution in [0.4, 0.5) is 24.8 Å². The van der Waals surface area contributed by atoms with Gasteiger partial charge in [-0.2, -0.15) is 13.2 Å². The fourth-order valence-corrected chi connectivity index (χ4v) is 2.00. The fourth-order valence-electron chi connectivity index (χ4n) is 1.82. The van der Waals surface area contributed by atoms with E-state index in [1.165, 1.54) is 13.0 Å². The lowest BCUT2D eigenvalue weighted by molar-refractivity contribution is -0.141. The average molecular weight is 360 g/mol. The summed E-state index contributed by atoms with van der Waals surface area (Å²) < 4.78 is 44.0. The van der Waals surface area contributed by atoms with Crippen molar-refractivity contribution in [2.75, 3.05) is 11.9 Å². The molecule has 0 amide bonds. The molecule has 0 aliphatic rings. The van der Waals surface area contributed by atoms with Gasteiger partial charge in [0, 0.05) is 16.9 Å². The molecule has 0 radical (unpaired) electrons. The summed E-state index contributed by atoms with van der Waals surface area (Å²) in [6.07, 6.45) is -4.04. The van der Waals surface area contributed by atoms with E-state index >= 15 is 0 Å². The monoisotopic (exact) mass is 359 g/mol. The zero-order valence-corrected chi connectivity index (χ0v) is 13.5. The van der Waals surface area contributed by atoms with E-state index in [-0.39, 0.29) is 12.6 Å². The summed E-state index contributed by atoms with van der Waals surface area (Å²) in [5.74, 6) is -1.44. The second kappa shape index (κ2) is 7.04. The fraction of sp³-hybridized carbons (Fsp3) is 0.267. The van der Waals surface area contributed by atoms with Crippen LogP contribution < -0.4 is 5.32 Å². The molecule has 0 spiro atoms. The van der Waals surface area contributed by atoms with E-state index in [0.29, 0.717) is 10.7 Å². The van der Waals surface area contributed by atoms with Crippen molar-refractivity contribution in [2.24, 2.45) is 0 Å². The second-order valence-electron chi connectivity index (χ2n) is 4.76. The first-order chi connectivity index (χ1) is 11.2. The Balaban J connectivity index is 2.38. The van der Waals surface area contributed by atoms with Gasteiger partial charge in [0.05, 0.1) is 6.61 Å². The lowest BCUT2D eigenvalue weighted by atomic mass is 10.2. The molecule has 5 nitrogen and oxygen atoms in total. The number of ether oxygens (including phenoxy) is 1. The van der Waals surface area contributed by atoms with Crippen molar-refractivity contribution in [3.63, 3.8) is 0 Å². The van der Waals surface area contributed by atoms with E-state index in [9.17, 15) is 18.0 Å². The quantitative estimate of drug-likeness (QED) is 0.821. The number of halogens is 4. The number of hydrogen-bond donors (Lipinski definition) is 1. The number of nitrogens with zero attached hydrogens (tertiary/aromatic N) is 2. The lowest BCUT2D eigenvalue weighted by Gasteiger charge is -2.13. The first-order valence-electron chi connectivity index (χ1n) is 6.87. The van der Waals surface area contributed by atoms with Crippen LogP contribution in [0.5, 0.6) is 0 Å². The minimum absolute atomic E-state index is 0.0575. The Morgan fingerprint density at radius 1 is 1.38 bits per heavy atom. The largest absolute Gasteiger partial charge is 0.462 e. The minimum atomic E-state index is -4.83. The van der Waals surface area contributed by atoms with E-state index < -0.39 is 23.4 Å². The smallest absolute Gasteiger partial charge is 0.434 e. The first-order valence-corrected chi connectivity index (χ1v) is 7.24. The molecule has 0 atom stereocenters. The molecule has 1 N–H and O–H groups in total. The number of aromatic nitrogens is 2. The summed E-state index contributed by atoms with van der Waals surface area (Å²) in [5.41, 5.74) is -0.868. The van der Waals surface area contributed by atoms with E-state index in [1.54, 1.807) is 19.1 Å². The van der Waals surface area contributed by atoms with Crippen LogP contribution in [0.15, 0.2) is 24.4 Å². The van der Waals surface area contributed by atoms with E-state index in [4.69, 9.17) is 11.6 Å². The van der Waals surface area contributed by atoms with Gasteiger partial charge >= 0.3 is 12.1 Å². The molecule has 2 rings (SSSR count). The summed E-state index contributed by atoms with van der Waals surface area (Å²) >= 11 is 5.96. The maximum Gasteiger partial charge on any atom is 0.434 e. The third-order valence-electron chi connectivity index (χ3n) is 2.98. The van der Waals surface area contributed by atoms with Gasteiger partial charge in [0.1, 0.15) is 5.56 Å². The number of carbonyl (C=O) groups is 1. The zero-order valence-electron chi connectivity index (χ0n) is 12.7. The maximum atomic E-state index is 13.1. The predicted octanol–water partition coefficient (Wildman–Crippen LogP) is 4.38. The number of nitrogens with one attached hydrogen (secondary N) is 1. The van der Waals surface area contributed by atoms with Gasteiger partial charge in [-0.1, -0.05) is 17.7 Å². The topological polar surface area (TPSA) is 64.1 Å². The summed E-state index contributed by atoms with van der Waals surface area (Å²) in [4.78, 5) is 18.8. The molecule has 2 aromatic rings. The van der Waals surface area contributed by atoms with Gasteiger partial charge in [0.25, 0.3) is 0 Å². The van der Waals surface area contributed by atoms with Crippen LogP contribution in [0.1, 0.15) is 28.5 Å². The number of carbonyl (C=O) groups excluding carboxylic acids is 1. The van der Waals surface area contributed by atoms with Crippen LogP contribution in [0.2, 0.25) is 5.02 Å². The number of rotatable bonds is 4. The highest BCUT2D eigenvalue weighted by molar-refractivity contribution is 6.31. The Morgan fingerprint density at radius 2 is 2.08 bits per heavy atom. The van der Waals surface area contributed by atoms with Gasteiger partial charge in [0.15, 0.2) is 5.69 Å². The summed E-state index contributed by atoms with van der Waals surface area (Å²) in [5, 5.41) is 3.07. The van der Waals surface area contributed by atoms with Crippen molar-refractivity contribution in [3.8, 4) is 0 Å². The lowest BCUT2D eigenvalue weighted by Crippen LogP contribution is -2.19. The van der Waals surface area contributed by atoms with Crippen molar-refractivity contribution < 1.29 is 22.7 Å². The van der Waals surface area contributed by atoms with E-state index in [2.05, 4.69) is 20.0 Å². The molecule has 128 valence electrons. The van der Waals surface area contributed by atoms with Crippen molar-refractivity contribution in [1.29, 1.82) is 0 Å². The highest BCUT2D eigenvalue weighted by Crippen LogP contribution is 2.31. The third kappa shape index (κ3) is 4.14. The van der Waals surface area contributed by atoms with Crippen LogP contribution in [0, 0.1) is 6.92 Å². The average Bonchev–Trinajstić information content (AvgIpc) is 2.50. The molecule has 0 aliphatic heterocycles. The van der Waals surface area contributed by atoms with Crippen molar-refractivity contribution in [2.45, 2.75) is 20.0 Å². The number of alkyl halides is 3. The van der Waals surface area contributed by atoms with Crippen LogP contribution in [0.3, 0.4) is 0 Å². The molecular weight excluding hydrogens is 347 g/mol. The first kappa shape index (κ1) is 18.0. The number of hydrogen-bond acceptors (Lipinski definition) is 5. The molecule has 0 aliphatic carbocycles. The highest BCUT2D eigenvalue weighted by atomic mass is 35.5. The molecule has 0 saturated heterocycles. The molecule has 0 bridgehead atoms. The van der Waals surface area contributed by atoms with Gasteiger partial charge in [-0.15, -0.1) is 0 Å². The molecule has 0 unspecified atom stereocenters. The standard InChI is InChI=1S/C15H13ClF3N3O2/c1-3-24-13(23)10-7-20-14(22-12(10)15(17,18)19)21-9-5-4-8(2)11(16)6-9/h4-7H,3H2,1-2H3,(H,20,21,22).